The van der Waals surface area contributed by atoms with Crippen LogP contribution in [-0.2, 0) is 4.74 Å². The molecule has 1 aromatic rings. The Morgan fingerprint density at radius 1 is 1.47 bits per heavy atom. The van der Waals surface area contributed by atoms with Gasteiger partial charge in [-0.2, -0.15) is 0 Å². The van der Waals surface area contributed by atoms with Crippen molar-refractivity contribution in [3.05, 3.63) is 28.8 Å². The van der Waals surface area contributed by atoms with Crippen molar-refractivity contribution in [1.29, 1.82) is 0 Å². The summed E-state index contributed by atoms with van der Waals surface area (Å²) in [6.07, 6.45) is 1.36. The molecule has 0 spiro atoms. The van der Waals surface area contributed by atoms with E-state index in [4.69, 9.17) is 16.3 Å². The molecule has 2 nitrogen and oxygen atoms in total. The highest BCUT2D eigenvalue weighted by Gasteiger charge is 2.24. The zero-order valence-corrected chi connectivity index (χ0v) is 9.84. The summed E-state index contributed by atoms with van der Waals surface area (Å²) in [5.74, 6) is 0. The van der Waals surface area contributed by atoms with Crippen molar-refractivity contribution >= 4 is 17.3 Å². The fourth-order valence-electron chi connectivity index (χ4n) is 1.91. The number of halogens is 1. The molecule has 15 heavy (non-hydrogen) atoms. The van der Waals surface area contributed by atoms with Crippen LogP contribution in [0.3, 0.4) is 0 Å². The molecule has 0 bridgehead atoms. The Morgan fingerprint density at radius 3 is 2.87 bits per heavy atom. The lowest BCUT2D eigenvalue weighted by Gasteiger charge is -2.18. The Labute approximate surface area is 95.6 Å². The lowest BCUT2D eigenvalue weighted by molar-refractivity contribution is 0.121. The second-order valence-corrected chi connectivity index (χ2v) is 4.51. The van der Waals surface area contributed by atoms with Crippen LogP contribution < -0.4 is 5.32 Å². The highest BCUT2D eigenvalue weighted by Crippen LogP contribution is 2.23. The molecule has 1 aromatic carbocycles. The average Bonchev–Trinajstić information content (AvgIpc) is 2.57. The van der Waals surface area contributed by atoms with E-state index in [9.17, 15) is 0 Å². The van der Waals surface area contributed by atoms with Gasteiger partial charge in [0.05, 0.1) is 12.1 Å². The maximum Gasteiger partial charge on any atom is 0.0748 e. The Kier molecular flexibility index (Phi) is 3.17. The van der Waals surface area contributed by atoms with Crippen LogP contribution in [0.2, 0.25) is 5.02 Å². The monoisotopic (exact) mass is 225 g/mol. The molecule has 1 fully saturated rings. The smallest absolute Gasteiger partial charge is 0.0748 e. The predicted molar refractivity (Wildman–Crippen MR) is 63.6 cm³/mol. The molecule has 0 radical (unpaired) electrons. The van der Waals surface area contributed by atoms with E-state index >= 15 is 0 Å². The summed E-state index contributed by atoms with van der Waals surface area (Å²) >= 11 is 5.91. The first kappa shape index (κ1) is 10.8. The SMILES string of the molecule is Cc1cc(Cl)ccc1N[C@H]1CCO[C@H]1C. The number of hydrogen-bond donors (Lipinski definition) is 1. The van der Waals surface area contributed by atoms with Crippen molar-refractivity contribution in [3.63, 3.8) is 0 Å². The molecular formula is C12H16ClNO. The Hall–Kier alpha value is -0.730. The van der Waals surface area contributed by atoms with Crippen LogP contribution in [0.25, 0.3) is 0 Å². The molecule has 0 saturated carbocycles. The number of rotatable bonds is 2. The molecule has 2 rings (SSSR count). The van der Waals surface area contributed by atoms with Crippen molar-refractivity contribution in [2.24, 2.45) is 0 Å². The number of hydrogen-bond acceptors (Lipinski definition) is 2. The first-order valence-corrected chi connectivity index (χ1v) is 5.69. The third-order valence-electron chi connectivity index (χ3n) is 2.91. The molecule has 3 heteroatoms. The van der Waals surface area contributed by atoms with Crippen LogP contribution in [0, 0.1) is 6.92 Å². The normalized spacial score (nSPS) is 25.5. The zero-order chi connectivity index (χ0) is 10.8. The molecule has 1 heterocycles. The van der Waals surface area contributed by atoms with Crippen molar-refractivity contribution in [3.8, 4) is 0 Å². The third kappa shape index (κ3) is 2.44. The van der Waals surface area contributed by atoms with Gasteiger partial charge < -0.3 is 10.1 Å². The fraction of sp³-hybridized carbons (Fsp3) is 0.500. The molecule has 82 valence electrons. The van der Waals surface area contributed by atoms with Gasteiger partial charge in [0.25, 0.3) is 0 Å². The van der Waals surface area contributed by atoms with Crippen LogP contribution in [-0.4, -0.2) is 18.8 Å². The van der Waals surface area contributed by atoms with Crippen molar-refractivity contribution < 1.29 is 4.74 Å². The van der Waals surface area contributed by atoms with Gasteiger partial charge in [-0.15, -0.1) is 0 Å². The zero-order valence-electron chi connectivity index (χ0n) is 9.09. The lowest BCUT2D eigenvalue weighted by atomic mass is 10.1. The minimum absolute atomic E-state index is 0.292. The first-order valence-electron chi connectivity index (χ1n) is 5.31. The van der Waals surface area contributed by atoms with E-state index in [1.54, 1.807) is 0 Å². The third-order valence-corrected chi connectivity index (χ3v) is 3.14. The van der Waals surface area contributed by atoms with Gasteiger partial charge >= 0.3 is 0 Å². The van der Waals surface area contributed by atoms with E-state index in [-0.39, 0.29) is 0 Å². The summed E-state index contributed by atoms with van der Waals surface area (Å²) in [5.41, 5.74) is 2.34. The Morgan fingerprint density at radius 2 is 2.27 bits per heavy atom. The van der Waals surface area contributed by atoms with Crippen LogP contribution >= 0.6 is 11.6 Å². The molecule has 0 aliphatic carbocycles. The molecule has 0 unspecified atom stereocenters. The van der Waals surface area contributed by atoms with E-state index in [0.29, 0.717) is 12.1 Å². The molecule has 0 aromatic heterocycles. The van der Waals surface area contributed by atoms with Crippen molar-refractivity contribution in [2.75, 3.05) is 11.9 Å². The second-order valence-electron chi connectivity index (χ2n) is 4.07. The molecule has 1 N–H and O–H groups in total. The van der Waals surface area contributed by atoms with Gasteiger partial charge in [0, 0.05) is 17.3 Å². The minimum Gasteiger partial charge on any atom is -0.379 e. The quantitative estimate of drug-likeness (QED) is 0.835. The summed E-state index contributed by atoms with van der Waals surface area (Å²) in [7, 11) is 0. The maximum absolute atomic E-state index is 5.91. The first-order chi connectivity index (χ1) is 7.16. The standard InChI is InChI=1S/C12H16ClNO/c1-8-7-10(13)3-4-11(8)14-12-5-6-15-9(12)2/h3-4,7,9,12,14H,5-6H2,1-2H3/t9-,12-/m0/s1. The van der Waals surface area contributed by atoms with Crippen LogP contribution in [0.1, 0.15) is 18.9 Å². The van der Waals surface area contributed by atoms with E-state index < -0.39 is 0 Å². The second kappa shape index (κ2) is 4.42. The molecule has 0 amide bonds. The van der Waals surface area contributed by atoms with Gasteiger partial charge in [0.15, 0.2) is 0 Å². The summed E-state index contributed by atoms with van der Waals surface area (Å²) in [6, 6.07) is 6.34. The summed E-state index contributed by atoms with van der Waals surface area (Å²) in [6.45, 7) is 5.02. The summed E-state index contributed by atoms with van der Waals surface area (Å²) in [5, 5.41) is 4.29. The lowest BCUT2D eigenvalue weighted by Crippen LogP contribution is -2.26. The van der Waals surface area contributed by atoms with Crippen molar-refractivity contribution in [2.45, 2.75) is 32.4 Å². The van der Waals surface area contributed by atoms with Crippen LogP contribution in [0.4, 0.5) is 5.69 Å². The van der Waals surface area contributed by atoms with E-state index in [1.165, 1.54) is 5.56 Å². The van der Waals surface area contributed by atoms with E-state index in [2.05, 4.69) is 19.2 Å². The molecule has 1 aliphatic heterocycles. The topological polar surface area (TPSA) is 21.3 Å². The highest BCUT2D eigenvalue weighted by molar-refractivity contribution is 6.30. The maximum atomic E-state index is 5.91. The van der Waals surface area contributed by atoms with E-state index in [1.807, 2.05) is 18.2 Å². The van der Waals surface area contributed by atoms with Crippen LogP contribution in [0.5, 0.6) is 0 Å². The minimum atomic E-state index is 0.292. The predicted octanol–water partition coefficient (Wildman–Crippen LogP) is 3.24. The fourth-order valence-corrected chi connectivity index (χ4v) is 2.14. The van der Waals surface area contributed by atoms with Gasteiger partial charge in [-0.25, -0.2) is 0 Å². The van der Waals surface area contributed by atoms with Gasteiger partial charge in [0.1, 0.15) is 0 Å². The Bertz CT molecular complexity index is 353. The van der Waals surface area contributed by atoms with Gasteiger partial charge in [-0.1, -0.05) is 11.6 Å². The average molecular weight is 226 g/mol. The number of benzene rings is 1. The van der Waals surface area contributed by atoms with Gasteiger partial charge in [-0.05, 0) is 44.0 Å². The summed E-state index contributed by atoms with van der Waals surface area (Å²) < 4.78 is 5.51. The molecule has 1 aliphatic rings. The molecular weight excluding hydrogens is 210 g/mol. The van der Waals surface area contributed by atoms with E-state index in [0.717, 1.165) is 23.7 Å². The molecule has 2 atom stereocenters. The number of ether oxygens (including phenoxy) is 1. The number of nitrogens with one attached hydrogen (secondary N) is 1. The summed E-state index contributed by atoms with van der Waals surface area (Å²) in [4.78, 5) is 0. The van der Waals surface area contributed by atoms with Gasteiger partial charge in [-0.3, -0.25) is 0 Å². The largest absolute Gasteiger partial charge is 0.379 e. The molecule has 1 saturated heterocycles. The Balaban J connectivity index is 2.10. The highest BCUT2D eigenvalue weighted by atomic mass is 35.5. The van der Waals surface area contributed by atoms with Gasteiger partial charge in [0.2, 0.25) is 0 Å². The van der Waals surface area contributed by atoms with Crippen LogP contribution in [0.15, 0.2) is 18.2 Å². The number of anilines is 1. The van der Waals surface area contributed by atoms with Crippen molar-refractivity contribution in [1.82, 2.24) is 0 Å². The number of aryl methyl sites for hydroxylation is 1.